The number of aromatic carboxylic acids is 1. The van der Waals surface area contributed by atoms with Crippen LogP contribution >= 0.6 is 0 Å². The highest BCUT2D eigenvalue weighted by Gasteiger charge is 2.18. The summed E-state index contributed by atoms with van der Waals surface area (Å²) in [4.78, 5) is 10.9. The van der Waals surface area contributed by atoms with Crippen molar-refractivity contribution in [3.05, 3.63) is 59.2 Å². The molecule has 1 aliphatic carbocycles. The average molecular weight is 355 g/mol. The lowest BCUT2D eigenvalue weighted by Gasteiger charge is -2.18. The Kier molecular flexibility index (Phi) is 6.12. The molecule has 138 valence electrons. The monoisotopic (exact) mass is 355 g/mol. The number of carboxylic acids is 1. The van der Waals surface area contributed by atoms with Crippen molar-refractivity contribution in [1.82, 2.24) is 5.32 Å². The Bertz CT molecular complexity index is 736. The van der Waals surface area contributed by atoms with E-state index < -0.39 is 5.97 Å². The lowest BCUT2D eigenvalue weighted by Crippen LogP contribution is -2.16. The minimum atomic E-state index is -0.906. The molecule has 0 atom stereocenters. The van der Waals surface area contributed by atoms with Crippen LogP contribution in [0, 0.1) is 0 Å². The Morgan fingerprint density at radius 2 is 1.85 bits per heavy atom. The molecule has 1 saturated carbocycles. The summed E-state index contributed by atoms with van der Waals surface area (Å²) in [6.07, 6.45) is 4.98. The predicted molar refractivity (Wildman–Crippen MR) is 99.8 cm³/mol. The molecule has 1 aliphatic rings. The van der Waals surface area contributed by atoms with Gasteiger partial charge in [0.25, 0.3) is 0 Å². The molecule has 2 aromatic carbocycles. The summed E-state index contributed by atoms with van der Waals surface area (Å²) in [5.74, 6) is 0.771. The Balaban J connectivity index is 1.61. The number of methoxy groups -OCH3 is 1. The number of hydrogen-bond acceptors (Lipinski definition) is 4. The number of hydrogen-bond donors (Lipinski definition) is 2. The van der Waals surface area contributed by atoms with Gasteiger partial charge in [0, 0.05) is 24.7 Å². The number of nitrogens with one attached hydrogen (secondary N) is 1. The highest BCUT2D eigenvalue weighted by atomic mass is 16.5. The van der Waals surface area contributed by atoms with Crippen molar-refractivity contribution < 1.29 is 19.4 Å². The molecule has 1 fully saturated rings. The fourth-order valence-electron chi connectivity index (χ4n) is 3.21. The van der Waals surface area contributed by atoms with Gasteiger partial charge in [-0.1, -0.05) is 18.2 Å². The second kappa shape index (κ2) is 8.72. The summed E-state index contributed by atoms with van der Waals surface area (Å²) < 4.78 is 11.5. The maximum Gasteiger partial charge on any atom is 0.335 e. The van der Waals surface area contributed by atoms with Gasteiger partial charge in [-0.25, -0.2) is 4.79 Å². The van der Waals surface area contributed by atoms with Gasteiger partial charge in [0.2, 0.25) is 0 Å². The van der Waals surface area contributed by atoms with Crippen LogP contribution in [0.4, 0.5) is 0 Å². The van der Waals surface area contributed by atoms with E-state index in [1.54, 1.807) is 19.2 Å². The highest BCUT2D eigenvalue weighted by Crippen LogP contribution is 2.30. The zero-order chi connectivity index (χ0) is 18.4. The van der Waals surface area contributed by atoms with Gasteiger partial charge in [0.15, 0.2) is 0 Å². The first kappa shape index (κ1) is 18.3. The van der Waals surface area contributed by atoms with Gasteiger partial charge in [-0.2, -0.15) is 0 Å². The van der Waals surface area contributed by atoms with Crippen molar-refractivity contribution in [2.24, 2.45) is 0 Å². The number of benzene rings is 2. The molecule has 0 amide bonds. The van der Waals surface area contributed by atoms with Crippen LogP contribution in [0.3, 0.4) is 0 Å². The van der Waals surface area contributed by atoms with Crippen molar-refractivity contribution >= 4 is 5.97 Å². The molecule has 5 heteroatoms. The fourth-order valence-corrected chi connectivity index (χ4v) is 3.21. The third-order valence-electron chi connectivity index (χ3n) is 4.72. The Morgan fingerprint density at radius 3 is 2.50 bits per heavy atom. The van der Waals surface area contributed by atoms with E-state index in [0.717, 1.165) is 35.5 Å². The van der Waals surface area contributed by atoms with E-state index in [2.05, 4.69) is 5.32 Å². The first-order chi connectivity index (χ1) is 12.7. The van der Waals surface area contributed by atoms with Crippen molar-refractivity contribution in [1.29, 1.82) is 0 Å². The molecular formula is C21H25NO4. The van der Waals surface area contributed by atoms with Crippen LogP contribution in [0.25, 0.3) is 0 Å². The first-order valence-corrected chi connectivity index (χ1v) is 9.02. The van der Waals surface area contributed by atoms with E-state index in [1.165, 1.54) is 12.8 Å². The Labute approximate surface area is 153 Å². The van der Waals surface area contributed by atoms with Gasteiger partial charge in [-0.05, 0) is 49.4 Å². The number of carbonyl (C=O) groups is 1. The van der Waals surface area contributed by atoms with Gasteiger partial charge >= 0.3 is 5.97 Å². The molecule has 0 heterocycles. The third kappa shape index (κ3) is 4.76. The zero-order valence-electron chi connectivity index (χ0n) is 15.0. The van der Waals surface area contributed by atoms with Gasteiger partial charge in [-0.3, -0.25) is 0 Å². The molecule has 0 unspecified atom stereocenters. The van der Waals surface area contributed by atoms with Crippen LogP contribution in [0.2, 0.25) is 0 Å². The minimum Gasteiger partial charge on any atom is -0.497 e. The van der Waals surface area contributed by atoms with Crippen LogP contribution in [0.15, 0.2) is 42.5 Å². The smallest absolute Gasteiger partial charge is 0.335 e. The molecule has 26 heavy (non-hydrogen) atoms. The van der Waals surface area contributed by atoms with E-state index in [1.807, 2.05) is 30.3 Å². The minimum absolute atomic E-state index is 0.296. The standard InChI is InChI=1S/C21H25NO4/c1-25-19-11-10-17(20(12-19)26-18-4-2-3-5-18)14-22-13-15-6-8-16(9-7-15)21(23)24/h6-12,18,22H,2-5,13-14H2,1H3,(H,23,24). The van der Waals surface area contributed by atoms with E-state index in [-0.39, 0.29) is 0 Å². The first-order valence-electron chi connectivity index (χ1n) is 9.02. The summed E-state index contributed by atoms with van der Waals surface area (Å²) in [7, 11) is 1.66. The van der Waals surface area contributed by atoms with Crippen molar-refractivity contribution in [3.8, 4) is 11.5 Å². The molecule has 0 aliphatic heterocycles. The molecule has 2 aromatic rings. The van der Waals surface area contributed by atoms with Crippen molar-refractivity contribution in [3.63, 3.8) is 0 Å². The molecule has 0 bridgehead atoms. The number of carboxylic acid groups (broad SMARTS) is 1. The quantitative estimate of drug-likeness (QED) is 0.749. The third-order valence-corrected chi connectivity index (χ3v) is 4.72. The van der Waals surface area contributed by atoms with Gasteiger partial charge in [0.05, 0.1) is 18.8 Å². The molecule has 5 nitrogen and oxygen atoms in total. The largest absolute Gasteiger partial charge is 0.497 e. The maximum atomic E-state index is 10.9. The second-order valence-electron chi connectivity index (χ2n) is 6.60. The number of rotatable bonds is 8. The summed E-state index contributed by atoms with van der Waals surface area (Å²) in [6, 6.07) is 12.9. The average Bonchev–Trinajstić information content (AvgIpc) is 3.16. The van der Waals surface area contributed by atoms with Gasteiger partial charge < -0.3 is 19.9 Å². The van der Waals surface area contributed by atoms with Crippen LogP contribution in [0.5, 0.6) is 11.5 Å². The number of ether oxygens (including phenoxy) is 2. The van der Waals surface area contributed by atoms with E-state index in [9.17, 15) is 4.79 Å². The zero-order valence-corrected chi connectivity index (χ0v) is 15.0. The molecule has 0 aromatic heterocycles. The summed E-state index contributed by atoms with van der Waals surface area (Å²) in [6.45, 7) is 1.33. The Morgan fingerprint density at radius 1 is 1.12 bits per heavy atom. The van der Waals surface area contributed by atoms with Crippen LogP contribution < -0.4 is 14.8 Å². The lowest BCUT2D eigenvalue weighted by atomic mass is 10.1. The summed E-state index contributed by atoms with van der Waals surface area (Å²) in [5.41, 5.74) is 2.44. The van der Waals surface area contributed by atoms with E-state index in [4.69, 9.17) is 14.6 Å². The summed E-state index contributed by atoms with van der Waals surface area (Å²) >= 11 is 0. The molecule has 0 spiro atoms. The molecule has 0 saturated heterocycles. The fraction of sp³-hybridized carbons (Fsp3) is 0.381. The molecule has 0 radical (unpaired) electrons. The molecule has 3 rings (SSSR count). The second-order valence-corrected chi connectivity index (χ2v) is 6.60. The predicted octanol–water partition coefficient (Wildman–Crippen LogP) is 4.00. The lowest BCUT2D eigenvalue weighted by molar-refractivity contribution is 0.0697. The van der Waals surface area contributed by atoms with Gasteiger partial charge in [0.1, 0.15) is 11.5 Å². The normalized spacial score (nSPS) is 14.3. The highest BCUT2D eigenvalue weighted by molar-refractivity contribution is 5.87. The topological polar surface area (TPSA) is 67.8 Å². The van der Waals surface area contributed by atoms with E-state index in [0.29, 0.717) is 24.8 Å². The van der Waals surface area contributed by atoms with Crippen molar-refractivity contribution in [2.45, 2.75) is 44.9 Å². The Hall–Kier alpha value is -2.53. The van der Waals surface area contributed by atoms with Crippen LogP contribution in [-0.4, -0.2) is 24.3 Å². The van der Waals surface area contributed by atoms with Gasteiger partial charge in [-0.15, -0.1) is 0 Å². The van der Waals surface area contributed by atoms with E-state index >= 15 is 0 Å². The maximum absolute atomic E-state index is 10.9. The molecule has 2 N–H and O–H groups in total. The summed E-state index contributed by atoms with van der Waals surface area (Å²) in [5, 5.41) is 12.4. The van der Waals surface area contributed by atoms with Crippen LogP contribution in [-0.2, 0) is 13.1 Å². The van der Waals surface area contributed by atoms with Crippen LogP contribution in [0.1, 0.15) is 47.2 Å². The van der Waals surface area contributed by atoms with Crippen molar-refractivity contribution in [2.75, 3.05) is 7.11 Å². The SMILES string of the molecule is COc1ccc(CNCc2ccc(C(=O)O)cc2)c(OC2CCCC2)c1. The molecular weight excluding hydrogens is 330 g/mol.